The molecule has 1 fully saturated rings. The van der Waals surface area contributed by atoms with E-state index in [1.807, 2.05) is 0 Å². The maximum atomic E-state index is 11.6. The Bertz CT molecular complexity index is 346. The summed E-state index contributed by atoms with van der Waals surface area (Å²) in [5, 5.41) is 22.5. The number of carboxylic acids is 1. The van der Waals surface area contributed by atoms with Crippen LogP contribution in [0.15, 0.2) is 0 Å². The number of hydrogen-bond donors (Lipinski definition) is 4. The van der Waals surface area contributed by atoms with Crippen LogP contribution in [0.4, 0.5) is 4.79 Å². The Balaban J connectivity index is 2.31. The van der Waals surface area contributed by atoms with Gasteiger partial charge in [0.2, 0.25) is 5.91 Å². The third-order valence-corrected chi connectivity index (χ3v) is 2.61. The van der Waals surface area contributed by atoms with Gasteiger partial charge < -0.3 is 25.7 Å². The van der Waals surface area contributed by atoms with E-state index >= 15 is 0 Å². The molecule has 1 saturated heterocycles. The van der Waals surface area contributed by atoms with Crippen molar-refractivity contribution in [2.75, 3.05) is 19.6 Å². The largest absolute Gasteiger partial charge is 0.479 e. The number of likely N-dealkylation sites (tertiary alicyclic amines) is 1. The summed E-state index contributed by atoms with van der Waals surface area (Å²) in [6, 6.07) is -0.513. The summed E-state index contributed by atoms with van der Waals surface area (Å²) in [4.78, 5) is 34.3. The highest BCUT2D eigenvalue weighted by Gasteiger charge is 2.27. The van der Waals surface area contributed by atoms with Crippen LogP contribution in [0, 0.1) is 0 Å². The van der Waals surface area contributed by atoms with Gasteiger partial charge in [-0.25, -0.2) is 9.59 Å². The van der Waals surface area contributed by atoms with Gasteiger partial charge in [0.15, 0.2) is 6.10 Å². The first-order valence-electron chi connectivity index (χ1n) is 5.61. The van der Waals surface area contributed by atoms with E-state index in [0.29, 0.717) is 19.5 Å². The van der Waals surface area contributed by atoms with Crippen LogP contribution in [0.25, 0.3) is 0 Å². The van der Waals surface area contributed by atoms with E-state index in [-0.39, 0.29) is 18.5 Å². The number of rotatable bonds is 4. The van der Waals surface area contributed by atoms with Crippen LogP contribution in [0.5, 0.6) is 0 Å². The lowest BCUT2D eigenvalue weighted by Crippen LogP contribution is -2.45. The maximum Gasteiger partial charge on any atom is 0.334 e. The molecule has 1 rings (SSSR count). The average Bonchev–Trinajstić information content (AvgIpc) is 2.72. The van der Waals surface area contributed by atoms with Gasteiger partial charge >= 0.3 is 12.0 Å². The predicted molar refractivity (Wildman–Crippen MR) is 60.8 cm³/mol. The fraction of sp³-hybridized carbons (Fsp3) is 0.700. The number of carbonyl (C=O) groups excluding carboxylic acids is 2. The molecule has 8 heteroatoms. The molecule has 3 amide bonds. The minimum atomic E-state index is -1.61. The highest BCUT2D eigenvalue weighted by molar-refractivity contribution is 5.77. The van der Waals surface area contributed by atoms with E-state index in [0.717, 1.165) is 0 Å². The lowest BCUT2D eigenvalue weighted by molar-refractivity contribution is -0.146. The molecule has 8 nitrogen and oxygen atoms in total. The quantitative estimate of drug-likeness (QED) is 0.482. The zero-order chi connectivity index (χ0) is 13.7. The molecule has 0 aliphatic carbocycles. The first-order chi connectivity index (χ1) is 8.40. The van der Waals surface area contributed by atoms with Gasteiger partial charge in [-0.3, -0.25) is 4.79 Å². The summed E-state index contributed by atoms with van der Waals surface area (Å²) in [6.45, 7) is 1.94. The van der Waals surface area contributed by atoms with Gasteiger partial charge in [-0.05, 0) is 6.42 Å². The Morgan fingerprint density at radius 1 is 1.44 bits per heavy atom. The van der Waals surface area contributed by atoms with Crippen molar-refractivity contribution in [2.24, 2.45) is 0 Å². The van der Waals surface area contributed by atoms with E-state index in [1.165, 1.54) is 11.8 Å². The summed E-state index contributed by atoms with van der Waals surface area (Å²) in [7, 11) is 0. The third-order valence-electron chi connectivity index (χ3n) is 2.61. The van der Waals surface area contributed by atoms with Crippen LogP contribution in [0.2, 0.25) is 0 Å². The van der Waals surface area contributed by atoms with Gasteiger partial charge in [0.05, 0.1) is 6.54 Å². The van der Waals surface area contributed by atoms with Crippen molar-refractivity contribution in [1.82, 2.24) is 15.5 Å². The molecule has 1 heterocycles. The summed E-state index contributed by atoms with van der Waals surface area (Å²) < 4.78 is 0. The Morgan fingerprint density at radius 3 is 2.67 bits per heavy atom. The molecule has 4 N–H and O–H groups in total. The van der Waals surface area contributed by atoms with Crippen LogP contribution >= 0.6 is 0 Å². The van der Waals surface area contributed by atoms with Gasteiger partial charge in [-0.2, -0.15) is 0 Å². The lowest BCUT2D eigenvalue weighted by Gasteiger charge is -2.18. The standard InChI is InChI=1S/C10H17N3O5/c1-6(14)12-7-2-3-13(5-7)10(18)11-4-8(15)9(16)17/h7-8,15H,2-5H2,1H3,(H,11,18)(H,12,14)(H,16,17)/t7?,8-/m0/s1. The normalized spacial score (nSPS) is 20.3. The summed E-state index contributed by atoms with van der Waals surface area (Å²) in [5.74, 6) is -1.53. The second kappa shape index (κ2) is 6.20. The molecule has 102 valence electrons. The number of carboxylic acid groups (broad SMARTS) is 1. The monoisotopic (exact) mass is 259 g/mol. The summed E-state index contributed by atoms with van der Waals surface area (Å²) in [6.07, 6.45) is -0.947. The molecule has 0 aromatic heterocycles. The van der Waals surface area contributed by atoms with Crippen LogP contribution in [-0.4, -0.2) is 64.8 Å². The van der Waals surface area contributed by atoms with E-state index in [4.69, 9.17) is 10.2 Å². The Morgan fingerprint density at radius 2 is 2.11 bits per heavy atom. The van der Waals surface area contributed by atoms with E-state index in [9.17, 15) is 14.4 Å². The first-order valence-corrected chi connectivity index (χ1v) is 5.61. The molecule has 0 aromatic carbocycles. The second-order valence-corrected chi connectivity index (χ2v) is 4.17. The fourth-order valence-electron chi connectivity index (χ4n) is 1.73. The van der Waals surface area contributed by atoms with Crippen molar-refractivity contribution in [1.29, 1.82) is 0 Å². The Hall–Kier alpha value is -1.83. The molecular weight excluding hydrogens is 242 g/mol. The zero-order valence-electron chi connectivity index (χ0n) is 10.0. The van der Waals surface area contributed by atoms with E-state index < -0.39 is 18.1 Å². The number of amides is 3. The van der Waals surface area contributed by atoms with Gasteiger partial charge in [-0.15, -0.1) is 0 Å². The number of nitrogens with one attached hydrogen (secondary N) is 2. The molecule has 0 spiro atoms. The van der Waals surface area contributed by atoms with Gasteiger partial charge in [0, 0.05) is 26.1 Å². The number of hydrogen-bond acceptors (Lipinski definition) is 4. The molecule has 18 heavy (non-hydrogen) atoms. The minimum absolute atomic E-state index is 0.0716. The molecule has 0 saturated carbocycles. The molecule has 0 aromatic rings. The van der Waals surface area contributed by atoms with Crippen LogP contribution in [-0.2, 0) is 9.59 Å². The number of nitrogens with zero attached hydrogens (tertiary/aromatic N) is 1. The topological polar surface area (TPSA) is 119 Å². The number of aliphatic hydroxyl groups excluding tert-OH is 1. The molecular formula is C10H17N3O5. The van der Waals surface area contributed by atoms with E-state index in [2.05, 4.69) is 10.6 Å². The molecule has 0 bridgehead atoms. The molecule has 1 aliphatic heterocycles. The van der Waals surface area contributed by atoms with Gasteiger partial charge in [0.1, 0.15) is 0 Å². The van der Waals surface area contributed by atoms with Crippen molar-refractivity contribution in [2.45, 2.75) is 25.5 Å². The second-order valence-electron chi connectivity index (χ2n) is 4.17. The first kappa shape index (κ1) is 14.2. The number of urea groups is 1. The van der Waals surface area contributed by atoms with Gasteiger partial charge in [-0.1, -0.05) is 0 Å². The minimum Gasteiger partial charge on any atom is -0.479 e. The number of aliphatic carboxylic acids is 1. The number of carbonyl (C=O) groups is 3. The molecule has 1 aliphatic rings. The smallest absolute Gasteiger partial charge is 0.334 e. The highest BCUT2D eigenvalue weighted by atomic mass is 16.4. The summed E-state index contributed by atoms with van der Waals surface area (Å²) >= 11 is 0. The lowest BCUT2D eigenvalue weighted by atomic mass is 10.3. The Kier molecular flexibility index (Phi) is 4.90. The molecule has 0 radical (unpaired) electrons. The van der Waals surface area contributed by atoms with Crippen molar-refractivity contribution in [3.63, 3.8) is 0 Å². The molecule has 2 atom stereocenters. The van der Waals surface area contributed by atoms with Crippen LogP contribution in [0.3, 0.4) is 0 Å². The zero-order valence-corrected chi connectivity index (χ0v) is 10.0. The van der Waals surface area contributed by atoms with Crippen molar-refractivity contribution in [3.8, 4) is 0 Å². The highest BCUT2D eigenvalue weighted by Crippen LogP contribution is 2.08. The van der Waals surface area contributed by atoms with Crippen molar-refractivity contribution >= 4 is 17.9 Å². The van der Waals surface area contributed by atoms with Crippen molar-refractivity contribution in [3.05, 3.63) is 0 Å². The Labute approximate surface area is 104 Å². The van der Waals surface area contributed by atoms with Crippen molar-refractivity contribution < 1.29 is 24.6 Å². The van der Waals surface area contributed by atoms with Crippen LogP contribution < -0.4 is 10.6 Å². The van der Waals surface area contributed by atoms with E-state index in [1.54, 1.807) is 0 Å². The summed E-state index contributed by atoms with van der Waals surface area (Å²) in [5.41, 5.74) is 0. The van der Waals surface area contributed by atoms with Gasteiger partial charge in [0.25, 0.3) is 0 Å². The van der Waals surface area contributed by atoms with Crippen LogP contribution in [0.1, 0.15) is 13.3 Å². The predicted octanol–water partition coefficient (Wildman–Crippen LogP) is -1.65. The SMILES string of the molecule is CC(=O)NC1CCN(C(=O)NC[C@H](O)C(=O)O)C1. The number of aliphatic hydroxyl groups is 1. The maximum absolute atomic E-state index is 11.6. The molecule has 1 unspecified atom stereocenters. The fourth-order valence-corrected chi connectivity index (χ4v) is 1.73. The third kappa shape index (κ3) is 4.21. The average molecular weight is 259 g/mol.